The molecule has 2 amide bonds. The summed E-state index contributed by atoms with van der Waals surface area (Å²) in [5.41, 5.74) is 3.21. The van der Waals surface area contributed by atoms with Crippen LogP contribution in [-0.4, -0.2) is 42.6 Å². The number of nitrogens with one attached hydrogen (secondary N) is 2. The minimum absolute atomic E-state index is 0.00863. The van der Waals surface area contributed by atoms with E-state index in [0.29, 0.717) is 43.1 Å². The van der Waals surface area contributed by atoms with Crippen molar-refractivity contribution in [3.8, 4) is 11.5 Å². The highest BCUT2D eigenvalue weighted by Gasteiger charge is 2.32. The largest absolute Gasteiger partial charge is 0.454 e. The molecular formula is C23H25N3O4. The smallest absolute Gasteiger partial charge is 0.240 e. The lowest BCUT2D eigenvalue weighted by Crippen LogP contribution is -2.52. The van der Waals surface area contributed by atoms with Gasteiger partial charge in [0.15, 0.2) is 11.5 Å². The zero-order valence-electron chi connectivity index (χ0n) is 16.7. The van der Waals surface area contributed by atoms with Gasteiger partial charge in [0, 0.05) is 37.3 Å². The van der Waals surface area contributed by atoms with Crippen molar-refractivity contribution >= 4 is 17.5 Å². The molecule has 3 aliphatic rings. The number of carbonyl (C=O) groups is 2. The van der Waals surface area contributed by atoms with Gasteiger partial charge in [-0.3, -0.25) is 9.59 Å². The molecule has 30 heavy (non-hydrogen) atoms. The molecule has 1 fully saturated rings. The van der Waals surface area contributed by atoms with Crippen LogP contribution in [0.2, 0.25) is 0 Å². The van der Waals surface area contributed by atoms with Crippen molar-refractivity contribution in [3.63, 3.8) is 0 Å². The molecule has 0 aromatic heterocycles. The summed E-state index contributed by atoms with van der Waals surface area (Å²) in [7, 11) is 0. The number of piperidine rings is 1. The summed E-state index contributed by atoms with van der Waals surface area (Å²) in [5, 5.41) is 6.34. The Kier molecular flexibility index (Phi) is 5.04. The number of anilines is 1. The van der Waals surface area contributed by atoms with E-state index in [1.165, 1.54) is 11.1 Å². The Bertz CT molecular complexity index is 969. The number of rotatable bonds is 3. The summed E-state index contributed by atoms with van der Waals surface area (Å²) in [4.78, 5) is 27.6. The summed E-state index contributed by atoms with van der Waals surface area (Å²) in [6.45, 7) is 2.15. The third kappa shape index (κ3) is 3.73. The van der Waals surface area contributed by atoms with Gasteiger partial charge >= 0.3 is 0 Å². The van der Waals surface area contributed by atoms with Crippen LogP contribution in [0.3, 0.4) is 0 Å². The van der Waals surface area contributed by atoms with Crippen molar-refractivity contribution in [3.05, 3.63) is 53.6 Å². The molecule has 7 nitrogen and oxygen atoms in total. The maximum Gasteiger partial charge on any atom is 0.240 e. The van der Waals surface area contributed by atoms with E-state index in [0.717, 1.165) is 13.0 Å². The molecule has 2 N–H and O–H groups in total. The number of ether oxygens (including phenoxy) is 2. The van der Waals surface area contributed by atoms with Gasteiger partial charge in [-0.2, -0.15) is 0 Å². The van der Waals surface area contributed by atoms with Crippen LogP contribution in [0.15, 0.2) is 42.5 Å². The minimum Gasteiger partial charge on any atom is -0.454 e. The molecule has 2 aromatic rings. The fourth-order valence-corrected chi connectivity index (χ4v) is 4.43. The molecule has 2 aromatic carbocycles. The van der Waals surface area contributed by atoms with E-state index >= 15 is 0 Å². The van der Waals surface area contributed by atoms with Gasteiger partial charge in [0.2, 0.25) is 18.6 Å². The maximum atomic E-state index is 13.0. The van der Waals surface area contributed by atoms with Crippen LogP contribution in [0.25, 0.3) is 0 Å². The Labute approximate surface area is 175 Å². The average molecular weight is 407 g/mol. The molecule has 3 heterocycles. The summed E-state index contributed by atoms with van der Waals surface area (Å²) >= 11 is 0. The SMILES string of the molecule is O=C(Nc1ccc2c(c1)OCO2)C1CCN(C(=O)C2Cc3ccccc3CN2)CC1. The molecule has 0 saturated carbocycles. The van der Waals surface area contributed by atoms with E-state index in [4.69, 9.17) is 9.47 Å². The predicted molar refractivity (Wildman–Crippen MR) is 111 cm³/mol. The van der Waals surface area contributed by atoms with Gasteiger partial charge in [-0.25, -0.2) is 0 Å². The highest BCUT2D eigenvalue weighted by Crippen LogP contribution is 2.34. The molecular weight excluding hydrogens is 382 g/mol. The Balaban J connectivity index is 1.14. The molecule has 1 saturated heterocycles. The molecule has 0 spiro atoms. The highest BCUT2D eigenvalue weighted by atomic mass is 16.7. The van der Waals surface area contributed by atoms with Crippen molar-refractivity contribution in [2.75, 3.05) is 25.2 Å². The van der Waals surface area contributed by atoms with Gasteiger partial charge in [-0.15, -0.1) is 0 Å². The number of hydrogen-bond donors (Lipinski definition) is 2. The number of hydrogen-bond acceptors (Lipinski definition) is 5. The molecule has 1 unspecified atom stereocenters. The van der Waals surface area contributed by atoms with Crippen molar-refractivity contribution in [1.82, 2.24) is 10.2 Å². The predicted octanol–water partition coefficient (Wildman–Crippen LogP) is 2.31. The first-order valence-corrected chi connectivity index (χ1v) is 10.5. The second-order valence-electron chi connectivity index (χ2n) is 8.06. The summed E-state index contributed by atoms with van der Waals surface area (Å²) < 4.78 is 10.7. The number of carbonyl (C=O) groups excluding carboxylic acids is 2. The van der Waals surface area contributed by atoms with Gasteiger partial charge < -0.3 is 25.0 Å². The monoisotopic (exact) mass is 407 g/mol. The average Bonchev–Trinajstić information content (AvgIpc) is 3.26. The number of likely N-dealkylation sites (tertiary alicyclic amines) is 1. The van der Waals surface area contributed by atoms with Gasteiger partial charge in [0.25, 0.3) is 0 Å². The van der Waals surface area contributed by atoms with Crippen LogP contribution in [0.1, 0.15) is 24.0 Å². The fourth-order valence-electron chi connectivity index (χ4n) is 4.43. The second-order valence-corrected chi connectivity index (χ2v) is 8.06. The topological polar surface area (TPSA) is 79.9 Å². The van der Waals surface area contributed by atoms with Gasteiger partial charge in [-0.05, 0) is 42.5 Å². The zero-order chi connectivity index (χ0) is 20.5. The van der Waals surface area contributed by atoms with Crippen molar-refractivity contribution < 1.29 is 19.1 Å². The Morgan fingerprint density at radius 1 is 1.00 bits per heavy atom. The lowest BCUT2D eigenvalue weighted by molar-refractivity contribution is -0.136. The zero-order valence-corrected chi connectivity index (χ0v) is 16.7. The normalized spacial score (nSPS) is 20.5. The van der Waals surface area contributed by atoms with Crippen LogP contribution in [0.5, 0.6) is 11.5 Å². The lowest BCUT2D eigenvalue weighted by Gasteiger charge is -2.35. The first-order chi connectivity index (χ1) is 14.7. The van der Waals surface area contributed by atoms with Crippen molar-refractivity contribution in [1.29, 1.82) is 0 Å². The first kappa shape index (κ1) is 18.9. The minimum atomic E-state index is -0.182. The first-order valence-electron chi connectivity index (χ1n) is 10.5. The van der Waals surface area contributed by atoms with E-state index in [9.17, 15) is 9.59 Å². The highest BCUT2D eigenvalue weighted by molar-refractivity contribution is 5.93. The number of nitrogens with zero attached hydrogens (tertiary/aromatic N) is 1. The molecule has 0 radical (unpaired) electrons. The van der Waals surface area contributed by atoms with Crippen LogP contribution in [-0.2, 0) is 22.6 Å². The number of fused-ring (bicyclic) bond motifs is 2. The third-order valence-corrected chi connectivity index (χ3v) is 6.20. The molecule has 156 valence electrons. The molecule has 0 aliphatic carbocycles. The van der Waals surface area contributed by atoms with E-state index in [1.54, 1.807) is 12.1 Å². The van der Waals surface area contributed by atoms with E-state index in [1.807, 2.05) is 23.1 Å². The van der Waals surface area contributed by atoms with Crippen LogP contribution in [0, 0.1) is 5.92 Å². The fraction of sp³-hybridized carbons (Fsp3) is 0.391. The number of benzene rings is 2. The molecule has 7 heteroatoms. The molecule has 3 aliphatic heterocycles. The quantitative estimate of drug-likeness (QED) is 0.816. The van der Waals surface area contributed by atoms with Gasteiger partial charge in [-0.1, -0.05) is 24.3 Å². The maximum absolute atomic E-state index is 13.0. The second kappa shape index (κ2) is 7.99. The third-order valence-electron chi connectivity index (χ3n) is 6.20. The molecule has 1 atom stereocenters. The molecule has 0 bridgehead atoms. The van der Waals surface area contributed by atoms with E-state index in [-0.39, 0.29) is 30.6 Å². The van der Waals surface area contributed by atoms with Crippen molar-refractivity contribution in [2.45, 2.75) is 31.8 Å². The van der Waals surface area contributed by atoms with Crippen molar-refractivity contribution in [2.24, 2.45) is 5.92 Å². The van der Waals surface area contributed by atoms with Gasteiger partial charge in [0.1, 0.15) is 0 Å². The Morgan fingerprint density at radius 3 is 2.60 bits per heavy atom. The van der Waals surface area contributed by atoms with Gasteiger partial charge in [0.05, 0.1) is 6.04 Å². The standard InChI is InChI=1S/C23H25N3O4/c27-22(25-18-5-6-20-21(12-18)30-14-29-20)15-7-9-26(10-8-15)23(28)19-11-16-3-1-2-4-17(16)13-24-19/h1-6,12,15,19,24H,7-11,13-14H2,(H,25,27). The lowest BCUT2D eigenvalue weighted by atomic mass is 9.92. The molecule has 5 rings (SSSR count). The van der Waals surface area contributed by atoms with Crippen LogP contribution in [0.4, 0.5) is 5.69 Å². The Morgan fingerprint density at radius 2 is 1.77 bits per heavy atom. The Hall–Kier alpha value is -3.06. The summed E-state index contributed by atoms with van der Waals surface area (Å²) in [6, 6.07) is 13.5. The summed E-state index contributed by atoms with van der Waals surface area (Å²) in [6.07, 6.45) is 2.07. The number of amides is 2. The van der Waals surface area contributed by atoms with E-state index < -0.39 is 0 Å². The van der Waals surface area contributed by atoms with E-state index in [2.05, 4.69) is 22.8 Å². The van der Waals surface area contributed by atoms with Crippen LogP contribution < -0.4 is 20.1 Å². The van der Waals surface area contributed by atoms with Crippen LogP contribution >= 0.6 is 0 Å². The summed E-state index contributed by atoms with van der Waals surface area (Å²) in [5.74, 6) is 1.37.